The van der Waals surface area contributed by atoms with Gasteiger partial charge in [0.05, 0.1) is 7.11 Å². The van der Waals surface area contributed by atoms with Crippen LogP contribution >= 0.6 is 11.3 Å². The molecule has 0 aliphatic heterocycles. The van der Waals surface area contributed by atoms with Crippen molar-refractivity contribution in [3.63, 3.8) is 0 Å². The van der Waals surface area contributed by atoms with E-state index in [2.05, 4.69) is 24.4 Å². The topological polar surface area (TPSA) is 41.5 Å². The SMILES string of the molecule is COc1ccc(CC(C)NCCC(O)(c2ccccc2)c2cccs2)cc1. The highest BCUT2D eigenvalue weighted by atomic mass is 32.1. The number of hydrogen-bond acceptors (Lipinski definition) is 4. The van der Waals surface area contributed by atoms with Gasteiger partial charge in [0.25, 0.3) is 0 Å². The maximum Gasteiger partial charge on any atom is 0.125 e. The molecular weight excluding hydrogens is 354 g/mol. The molecule has 4 heteroatoms. The Morgan fingerprint density at radius 1 is 1.04 bits per heavy atom. The highest BCUT2D eigenvalue weighted by Gasteiger charge is 2.32. The van der Waals surface area contributed by atoms with Gasteiger partial charge in [0.15, 0.2) is 0 Å². The maximum atomic E-state index is 11.5. The molecule has 2 N–H and O–H groups in total. The fourth-order valence-electron chi connectivity index (χ4n) is 3.32. The predicted molar refractivity (Wildman–Crippen MR) is 113 cm³/mol. The first-order chi connectivity index (χ1) is 13.1. The number of rotatable bonds is 9. The van der Waals surface area contributed by atoms with Gasteiger partial charge in [-0.1, -0.05) is 48.5 Å². The second-order valence-electron chi connectivity index (χ2n) is 6.86. The van der Waals surface area contributed by atoms with E-state index in [0.29, 0.717) is 12.5 Å². The van der Waals surface area contributed by atoms with E-state index in [9.17, 15) is 5.11 Å². The second-order valence-corrected chi connectivity index (χ2v) is 7.81. The minimum absolute atomic E-state index is 0.321. The average Bonchev–Trinajstić information content (AvgIpc) is 3.24. The zero-order valence-electron chi connectivity index (χ0n) is 15.9. The number of nitrogens with one attached hydrogen (secondary N) is 1. The van der Waals surface area contributed by atoms with Gasteiger partial charge in [-0.05, 0) is 61.0 Å². The minimum atomic E-state index is -0.956. The Balaban J connectivity index is 1.60. The van der Waals surface area contributed by atoms with Crippen molar-refractivity contribution in [3.8, 4) is 5.75 Å². The summed E-state index contributed by atoms with van der Waals surface area (Å²) in [7, 11) is 1.68. The molecule has 2 aromatic carbocycles. The van der Waals surface area contributed by atoms with Gasteiger partial charge in [-0.15, -0.1) is 11.3 Å². The predicted octanol–water partition coefficient (Wildman–Crippen LogP) is 4.60. The van der Waals surface area contributed by atoms with Crippen LogP contribution in [-0.2, 0) is 12.0 Å². The lowest BCUT2D eigenvalue weighted by atomic mass is 9.88. The molecule has 0 saturated heterocycles. The van der Waals surface area contributed by atoms with Gasteiger partial charge in [-0.3, -0.25) is 0 Å². The summed E-state index contributed by atoms with van der Waals surface area (Å²) >= 11 is 1.60. The summed E-state index contributed by atoms with van der Waals surface area (Å²) in [6.45, 7) is 2.91. The van der Waals surface area contributed by atoms with Gasteiger partial charge in [0.2, 0.25) is 0 Å². The molecule has 0 fully saturated rings. The third-order valence-electron chi connectivity index (χ3n) is 4.86. The molecule has 0 aliphatic rings. The highest BCUT2D eigenvalue weighted by Crippen LogP contribution is 2.35. The molecule has 3 rings (SSSR count). The Labute approximate surface area is 165 Å². The molecule has 3 aromatic rings. The third kappa shape index (κ3) is 4.98. The van der Waals surface area contributed by atoms with Gasteiger partial charge in [-0.2, -0.15) is 0 Å². The first-order valence-corrected chi connectivity index (χ1v) is 10.2. The summed E-state index contributed by atoms with van der Waals surface area (Å²) in [6.07, 6.45) is 1.57. The largest absolute Gasteiger partial charge is 0.497 e. The Morgan fingerprint density at radius 2 is 1.78 bits per heavy atom. The van der Waals surface area contributed by atoms with Crippen molar-refractivity contribution >= 4 is 11.3 Å². The monoisotopic (exact) mass is 381 g/mol. The molecule has 0 saturated carbocycles. The molecule has 2 unspecified atom stereocenters. The van der Waals surface area contributed by atoms with E-state index in [1.54, 1.807) is 18.4 Å². The Hall–Kier alpha value is -2.14. The fraction of sp³-hybridized carbons (Fsp3) is 0.304. The van der Waals surface area contributed by atoms with E-state index in [0.717, 1.165) is 29.2 Å². The fourth-order valence-corrected chi connectivity index (χ4v) is 4.20. The van der Waals surface area contributed by atoms with Crippen LogP contribution in [0.25, 0.3) is 0 Å². The van der Waals surface area contributed by atoms with Gasteiger partial charge >= 0.3 is 0 Å². The molecule has 0 bridgehead atoms. The maximum absolute atomic E-state index is 11.5. The van der Waals surface area contributed by atoms with Crippen LogP contribution < -0.4 is 10.1 Å². The Bertz CT molecular complexity index is 802. The van der Waals surface area contributed by atoms with Crippen molar-refractivity contribution in [2.24, 2.45) is 0 Å². The van der Waals surface area contributed by atoms with Crippen molar-refractivity contribution < 1.29 is 9.84 Å². The molecule has 142 valence electrons. The zero-order chi connectivity index (χ0) is 19.1. The van der Waals surface area contributed by atoms with Gasteiger partial charge in [0, 0.05) is 10.9 Å². The molecule has 0 aliphatic carbocycles. The van der Waals surface area contributed by atoms with E-state index in [1.165, 1.54) is 5.56 Å². The molecule has 0 amide bonds. The summed E-state index contributed by atoms with van der Waals surface area (Å²) < 4.78 is 5.21. The van der Waals surface area contributed by atoms with Crippen molar-refractivity contribution in [2.45, 2.75) is 31.4 Å². The average molecular weight is 382 g/mol. The number of benzene rings is 2. The number of methoxy groups -OCH3 is 1. The number of thiophene rings is 1. The van der Waals surface area contributed by atoms with Crippen molar-refractivity contribution in [3.05, 3.63) is 88.1 Å². The highest BCUT2D eigenvalue weighted by molar-refractivity contribution is 7.10. The molecule has 0 spiro atoms. The van der Waals surface area contributed by atoms with Gasteiger partial charge < -0.3 is 15.2 Å². The van der Waals surface area contributed by atoms with Crippen LogP contribution in [0.2, 0.25) is 0 Å². The smallest absolute Gasteiger partial charge is 0.125 e. The van der Waals surface area contributed by atoms with Crippen molar-refractivity contribution in [1.82, 2.24) is 5.32 Å². The molecule has 2 atom stereocenters. The zero-order valence-corrected chi connectivity index (χ0v) is 16.7. The number of ether oxygens (including phenoxy) is 1. The van der Waals surface area contributed by atoms with Crippen LogP contribution in [0.3, 0.4) is 0 Å². The molecule has 1 aromatic heterocycles. The Morgan fingerprint density at radius 3 is 2.41 bits per heavy atom. The summed E-state index contributed by atoms with van der Waals surface area (Å²) in [5, 5.41) is 17.0. The van der Waals surface area contributed by atoms with Crippen LogP contribution in [0, 0.1) is 0 Å². The van der Waals surface area contributed by atoms with Crippen LogP contribution in [-0.4, -0.2) is 24.8 Å². The van der Waals surface area contributed by atoms with E-state index < -0.39 is 5.60 Å². The normalized spacial score (nSPS) is 14.5. The molecule has 0 radical (unpaired) electrons. The van der Waals surface area contributed by atoms with Crippen LogP contribution in [0.1, 0.15) is 29.3 Å². The second kappa shape index (κ2) is 9.18. The molecule has 27 heavy (non-hydrogen) atoms. The molecule has 1 heterocycles. The minimum Gasteiger partial charge on any atom is -0.497 e. The van der Waals surface area contributed by atoms with E-state index in [-0.39, 0.29) is 0 Å². The van der Waals surface area contributed by atoms with E-state index >= 15 is 0 Å². The van der Waals surface area contributed by atoms with Crippen molar-refractivity contribution in [1.29, 1.82) is 0 Å². The molecule has 3 nitrogen and oxygen atoms in total. The van der Waals surface area contributed by atoms with Gasteiger partial charge in [-0.25, -0.2) is 0 Å². The molecular formula is C23H27NO2S. The summed E-state index contributed by atoms with van der Waals surface area (Å²) in [4.78, 5) is 0.985. The lowest BCUT2D eigenvalue weighted by molar-refractivity contribution is 0.0742. The Kier molecular flexibility index (Phi) is 6.67. The first-order valence-electron chi connectivity index (χ1n) is 9.30. The number of aliphatic hydroxyl groups is 1. The number of hydrogen-bond donors (Lipinski definition) is 2. The van der Waals surface area contributed by atoms with Crippen LogP contribution in [0.15, 0.2) is 72.1 Å². The van der Waals surface area contributed by atoms with Crippen LogP contribution in [0.5, 0.6) is 5.75 Å². The lowest BCUT2D eigenvalue weighted by Gasteiger charge is -2.28. The quantitative estimate of drug-likeness (QED) is 0.569. The van der Waals surface area contributed by atoms with E-state index in [1.807, 2.05) is 60.0 Å². The third-order valence-corrected chi connectivity index (χ3v) is 5.88. The van der Waals surface area contributed by atoms with Crippen LogP contribution in [0.4, 0.5) is 0 Å². The summed E-state index contributed by atoms with van der Waals surface area (Å²) in [5.74, 6) is 0.878. The van der Waals surface area contributed by atoms with E-state index in [4.69, 9.17) is 4.74 Å². The van der Waals surface area contributed by atoms with Crippen molar-refractivity contribution in [2.75, 3.05) is 13.7 Å². The summed E-state index contributed by atoms with van der Waals surface area (Å²) in [6, 6.07) is 22.5. The standard InChI is InChI=1S/C23H27NO2S/c1-18(17-19-10-12-21(26-2)13-11-19)24-15-14-23(25,22-9-6-16-27-22)20-7-4-3-5-8-20/h3-13,16,18,24-25H,14-15,17H2,1-2H3. The lowest BCUT2D eigenvalue weighted by Crippen LogP contribution is -2.35. The van der Waals surface area contributed by atoms with Gasteiger partial charge in [0.1, 0.15) is 11.4 Å². The summed E-state index contributed by atoms with van der Waals surface area (Å²) in [5.41, 5.74) is 1.26. The first kappa shape index (κ1) is 19.6.